The lowest BCUT2D eigenvalue weighted by atomic mass is 10.0. The lowest BCUT2D eigenvalue weighted by molar-refractivity contribution is -0.117. The molecule has 0 unspecified atom stereocenters. The maximum absolute atomic E-state index is 13.4. The van der Waals surface area contributed by atoms with Crippen LogP contribution in [-0.2, 0) is 21.2 Å². The summed E-state index contributed by atoms with van der Waals surface area (Å²) >= 11 is 2.17. The Balaban J connectivity index is 1.71. The minimum atomic E-state index is -3.89. The highest BCUT2D eigenvalue weighted by Gasteiger charge is 2.30. The van der Waals surface area contributed by atoms with Gasteiger partial charge in [0.15, 0.2) is 0 Å². The first-order valence-corrected chi connectivity index (χ1v) is 12.2. The van der Waals surface area contributed by atoms with Crippen LogP contribution in [0.15, 0.2) is 83.8 Å². The molecule has 1 aliphatic rings. The summed E-state index contributed by atoms with van der Waals surface area (Å²) in [5.41, 5.74) is 2.45. The Morgan fingerprint density at radius 2 is 1.60 bits per heavy atom. The third kappa shape index (κ3) is 4.22. The summed E-state index contributed by atoms with van der Waals surface area (Å²) in [7, 11) is -3.89. The fraction of sp³-hybridized carbons (Fsp3) is 0.174. The van der Waals surface area contributed by atoms with Crippen LogP contribution in [0.3, 0.4) is 0 Å². The molecule has 3 aromatic carbocycles. The highest BCUT2D eigenvalue weighted by atomic mass is 127. The van der Waals surface area contributed by atoms with Crippen LogP contribution in [0.1, 0.15) is 12.0 Å². The molecule has 0 fully saturated rings. The molecular weight excluding hydrogens is 511 g/mol. The van der Waals surface area contributed by atoms with Crippen molar-refractivity contribution >= 4 is 49.9 Å². The summed E-state index contributed by atoms with van der Waals surface area (Å²) < 4.78 is 29.1. The number of nitrogens with zero attached hydrogens (tertiary/aromatic N) is 2. The molecular formula is C23H21IN2O3S. The Labute approximate surface area is 190 Å². The summed E-state index contributed by atoms with van der Waals surface area (Å²) in [6.07, 6.45) is 1.78. The molecule has 30 heavy (non-hydrogen) atoms. The minimum absolute atomic E-state index is 0.162. The largest absolute Gasteiger partial charge is 0.311 e. The molecule has 0 atom stereocenters. The fourth-order valence-corrected chi connectivity index (χ4v) is 5.44. The smallest absolute Gasteiger partial charge is 0.264 e. The van der Waals surface area contributed by atoms with Crippen molar-refractivity contribution in [3.8, 4) is 0 Å². The first-order valence-electron chi connectivity index (χ1n) is 9.68. The number of halogens is 1. The van der Waals surface area contributed by atoms with E-state index in [9.17, 15) is 13.2 Å². The van der Waals surface area contributed by atoms with Gasteiger partial charge in [-0.25, -0.2) is 8.42 Å². The summed E-state index contributed by atoms with van der Waals surface area (Å²) in [5.74, 6) is -0.236. The van der Waals surface area contributed by atoms with Crippen LogP contribution in [0.4, 0.5) is 11.4 Å². The highest BCUT2D eigenvalue weighted by Crippen LogP contribution is 2.29. The van der Waals surface area contributed by atoms with Crippen molar-refractivity contribution in [3.63, 3.8) is 0 Å². The molecule has 0 bridgehead atoms. The number of benzene rings is 3. The first kappa shape index (κ1) is 20.9. The number of carbonyl (C=O) groups is 1. The lowest BCUT2D eigenvalue weighted by Crippen LogP contribution is -2.45. The van der Waals surface area contributed by atoms with Crippen LogP contribution < -0.4 is 9.21 Å². The van der Waals surface area contributed by atoms with Crippen LogP contribution >= 0.6 is 22.6 Å². The van der Waals surface area contributed by atoms with E-state index < -0.39 is 10.0 Å². The summed E-state index contributed by atoms with van der Waals surface area (Å²) in [6, 6.07) is 23.2. The Bertz CT molecular complexity index is 1150. The van der Waals surface area contributed by atoms with E-state index in [1.807, 2.05) is 36.4 Å². The van der Waals surface area contributed by atoms with Gasteiger partial charge in [0.25, 0.3) is 10.0 Å². The Kier molecular flexibility index (Phi) is 6.10. The second-order valence-electron chi connectivity index (χ2n) is 7.08. The molecule has 0 aromatic heterocycles. The van der Waals surface area contributed by atoms with Crippen molar-refractivity contribution in [1.82, 2.24) is 0 Å². The third-order valence-electron chi connectivity index (χ3n) is 5.14. The number of aryl methyl sites for hydroxylation is 1. The van der Waals surface area contributed by atoms with Crippen molar-refractivity contribution in [2.45, 2.75) is 17.7 Å². The second-order valence-corrected chi connectivity index (χ2v) is 10.2. The number of amides is 1. The molecule has 0 N–H and O–H groups in total. The average molecular weight is 532 g/mol. The van der Waals surface area contributed by atoms with Crippen molar-refractivity contribution in [1.29, 1.82) is 0 Å². The van der Waals surface area contributed by atoms with Crippen LogP contribution in [0.5, 0.6) is 0 Å². The zero-order valence-corrected chi connectivity index (χ0v) is 19.2. The Hall–Kier alpha value is -2.39. The zero-order valence-electron chi connectivity index (χ0n) is 16.2. The summed E-state index contributed by atoms with van der Waals surface area (Å²) in [4.78, 5) is 15.2. The van der Waals surface area contributed by atoms with Gasteiger partial charge >= 0.3 is 0 Å². The number of hydrogen-bond acceptors (Lipinski definition) is 3. The lowest BCUT2D eigenvalue weighted by Gasteiger charge is -2.32. The van der Waals surface area contributed by atoms with E-state index in [-0.39, 0.29) is 17.3 Å². The van der Waals surface area contributed by atoms with Gasteiger partial charge in [-0.1, -0.05) is 36.4 Å². The summed E-state index contributed by atoms with van der Waals surface area (Å²) in [6.45, 7) is 0.327. The molecule has 1 aliphatic heterocycles. The molecule has 0 spiro atoms. The number of para-hydroxylation sites is 1. The maximum atomic E-state index is 13.4. The first-order chi connectivity index (χ1) is 14.5. The molecule has 3 aromatic rings. The normalized spacial score (nSPS) is 13.6. The van der Waals surface area contributed by atoms with Gasteiger partial charge in [0.2, 0.25) is 5.91 Å². The van der Waals surface area contributed by atoms with Crippen molar-refractivity contribution in [2.75, 3.05) is 22.3 Å². The number of hydrogen-bond donors (Lipinski definition) is 0. The van der Waals surface area contributed by atoms with E-state index in [1.165, 1.54) is 4.31 Å². The van der Waals surface area contributed by atoms with Crippen LogP contribution in [-0.4, -0.2) is 27.4 Å². The number of sulfonamides is 1. The number of rotatable bonds is 5. The van der Waals surface area contributed by atoms with Crippen molar-refractivity contribution in [3.05, 3.63) is 88.0 Å². The van der Waals surface area contributed by atoms with Gasteiger partial charge in [-0.05, 0) is 83.5 Å². The highest BCUT2D eigenvalue weighted by molar-refractivity contribution is 14.1. The second kappa shape index (κ2) is 8.77. The van der Waals surface area contributed by atoms with Gasteiger partial charge in [-0.15, -0.1) is 0 Å². The average Bonchev–Trinajstić information content (AvgIpc) is 2.78. The van der Waals surface area contributed by atoms with E-state index in [0.29, 0.717) is 12.2 Å². The van der Waals surface area contributed by atoms with Gasteiger partial charge in [0.05, 0.1) is 10.6 Å². The van der Waals surface area contributed by atoms with Gasteiger partial charge < -0.3 is 4.90 Å². The third-order valence-corrected chi connectivity index (χ3v) is 7.64. The predicted octanol–water partition coefficient (Wildman–Crippen LogP) is 4.47. The molecule has 1 heterocycles. The minimum Gasteiger partial charge on any atom is -0.311 e. The van der Waals surface area contributed by atoms with E-state index in [1.54, 1.807) is 47.4 Å². The molecule has 4 rings (SSSR count). The van der Waals surface area contributed by atoms with Gasteiger partial charge in [-0.2, -0.15) is 0 Å². The molecule has 0 saturated carbocycles. The van der Waals surface area contributed by atoms with E-state index in [2.05, 4.69) is 22.6 Å². The van der Waals surface area contributed by atoms with Crippen molar-refractivity contribution < 1.29 is 13.2 Å². The topological polar surface area (TPSA) is 57.7 Å². The van der Waals surface area contributed by atoms with Crippen LogP contribution in [0.25, 0.3) is 0 Å². The van der Waals surface area contributed by atoms with Crippen LogP contribution in [0.2, 0.25) is 0 Å². The van der Waals surface area contributed by atoms with Crippen LogP contribution in [0, 0.1) is 3.57 Å². The van der Waals surface area contributed by atoms with Gasteiger partial charge in [0, 0.05) is 15.8 Å². The molecule has 154 valence electrons. The Morgan fingerprint density at radius 3 is 2.33 bits per heavy atom. The maximum Gasteiger partial charge on any atom is 0.264 e. The predicted molar refractivity (Wildman–Crippen MR) is 127 cm³/mol. The van der Waals surface area contributed by atoms with E-state index in [4.69, 9.17) is 0 Å². The quantitative estimate of drug-likeness (QED) is 0.456. The standard InChI is InChI=1S/C23H21IN2O3S/c24-19-12-14-20(15-13-19)26(30(28,29)21-9-2-1-3-10-21)17-23(27)25-16-6-8-18-7-4-5-11-22(18)25/h1-5,7,9-15H,6,8,16-17H2. The van der Waals surface area contributed by atoms with E-state index >= 15 is 0 Å². The SMILES string of the molecule is O=C(CN(c1ccc(I)cc1)S(=O)(=O)c1ccccc1)N1CCCc2ccccc21. The molecule has 5 nitrogen and oxygen atoms in total. The number of carbonyl (C=O) groups excluding carboxylic acids is 1. The molecule has 0 radical (unpaired) electrons. The molecule has 0 aliphatic carbocycles. The molecule has 7 heteroatoms. The van der Waals surface area contributed by atoms with Gasteiger partial charge in [-0.3, -0.25) is 9.10 Å². The monoisotopic (exact) mass is 532 g/mol. The number of fused-ring (bicyclic) bond motifs is 1. The fourth-order valence-electron chi connectivity index (χ4n) is 3.64. The summed E-state index contributed by atoms with van der Waals surface area (Å²) in [5, 5.41) is 0. The molecule has 1 amide bonds. The van der Waals surface area contributed by atoms with E-state index in [0.717, 1.165) is 27.7 Å². The Morgan fingerprint density at radius 1 is 0.933 bits per heavy atom. The van der Waals surface area contributed by atoms with Crippen molar-refractivity contribution in [2.24, 2.45) is 0 Å². The van der Waals surface area contributed by atoms with Gasteiger partial charge in [0.1, 0.15) is 6.54 Å². The number of anilines is 2. The zero-order chi connectivity index (χ0) is 21.1. The molecule has 0 saturated heterocycles.